The van der Waals surface area contributed by atoms with E-state index < -0.39 is 0 Å². The third kappa shape index (κ3) is 3.22. The second kappa shape index (κ2) is 6.40. The molecule has 1 aliphatic carbocycles. The Hall–Kier alpha value is -2.14. The van der Waals surface area contributed by atoms with Gasteiger partial charge in [0.25, 0.3) is 5.91 Å². The minimum Gasteiger partial charge on any atom is -0.347 e. The molecule has 4 rings (SSSR count). The number of pyridine rings is 1. The molecule has 1 N–H and O–H groups in total. The molecule has 2 aromatic rings. The van der Waals surface area contributed by atoms with Crippen molar-refractivity contribution in [2.24, 2.45) is 13.0 Å². The van der Waals surface area contributed by atoms with Crippen molar-refractivity contribution in [3.63, 3.8) is 0 Å². The van der Waals surface area contributed by atoms with Gasteiger partial charge in [-0.15, -0.1) is 0 Å². The Labute approximate surface area is 142 Å². The van der Waals surface area contributed by atoms with Gasteiger partial charge in [-0.2, -0.15) is 0 Å². The maximum Gasteiger partial charge on any atom is 0.268 e. The van der Waals surface area contributed by atoms with Crippen molar-refractivity contribution in [1.82, 2.24) is 19.8 Å². The van der Waals surface area contributed by atoms with Crippen molar-refractivity contribution in [3.8, 4) is 0 Å². The number of hydrogen-bond acceptors (Lipinski definition) is 3. The molecule has 2 aliphatic rings. The molecule has 24 heavy (non-hydrogen) atoms. The summed E-state index contributed by atoms with van der Waals surface area (Å²) in [5, 5.41) is 3.03. The number of carbonyl (C=O) groups is 1. The summed E-state index contributed by atoms with van der Waals surface area (Å²) < 4.78 is 1.84. The Bertz CT molecular complexity index is 748. The van der Waals surface area contributed by atoms with Crippen molar-refractivity contribution in [2.45, 2.75) is 32.4 Å². The van der Waals surface area contributed by atoms with Crippen LogP contribution in [0.4, 0.5) is 0 Å². The number of aryl methyl sites for hydroxylation is 1. The van der Waals surface area contributed by atoms with Crippen LogP contribution >= 0.6 is 0 Å². The van der Waals surface area contributed by atoms with Gasteiger partial charge in [0.05, 0.1) is 0 Å². The largest absolute Gasteiger partial charge is 0.347 e. The Kier molecular flexibility index (Phi) is 4.10. The molecule has 0 unspecified atom stereocenters. The average Bonchev–Trinajstić information content (AvgIpc) is 3.30. The van der Waals surface area contributed by atoms with Crippen LogP contribution in [0, 0.1) is 5.92 Å². The summed E-state index contributed by atoms with van der Waals surface area (Å²) in [6.45, 7) is 3.89. The maximum absolute atomic E-state index is 12.3. The molecule has 126 valence electrons. The van der Waals surface area contributed by atoms with E-state index in [9.17, 15) is 4.79 Å². The van der Waals surface area contributed by atoms with Crippen LogP contribution in [-0.4, -0.2) is 33.4 Å². The lowest BCUT2D eigenvalue weighted by atomic mass is 9.97. The molecule has 5 heteroatoms. The molecule has 0 atom stereocenters. The normalized spacial score (nSPS) is 17.5. The van der Waals surface area contributed by atoms with Gasteiger partial charge in [0, 0.05) is 51.8 Å². The van der Waals surface area contributed by atoms with Crippen molar-refractivity contribution < 1.29 is 4.79 Å². The fourth-order valence-electron chi connectivity index (χ4n) is 3.56. The third-order valence-electron chi connectivity index (χ3n) is 5.14. The first-order chi connectivity index (χ1) is 11.7. The van der Waals surface area contributed by atoms with E-state index in [1.54, 1.807) is 0 Å². The highest BCUT2D eigenvalue weighted by atomic mass is 16.1. The van der Waals surface area contributed by atoms with Crippen molar-refractivity contribution in [1.29, 1.82) is 0 Å². The van der Waals surface area contributed by atoms with Crippen molar-refractivity contribution in [3.05, 3.63) is 53.1 Å². The first kappa shape index (κ1) is 15.4. The highest BCUT2D eigenvalue weighted by molar-refractivity contribution is 5.92. The van der Waals surface area contributed by atoms with E-state index in [4.69, 9.17) is 0 Å². The van der Waals surface area contributed by atoms with Gasteiger partial charge in [-0.25, -0.2) is 0 Å². The van der Waals surface area contributed by atoms with E-state index in [0.29, 0.717) is 12.2 Å². The number of hydrogen-bond donors (Lipinski definition) is 1. The summed E-state index contributed by atoms with van der Waals surface area (Å²) >= 11 is 0. The summed E-state index contributed by atoms with van der Waals surface area (Å²) in [5.74, 6) is 0.888. The number of aromatic nitrogens is 2. The minimum absolute atomic E-state index is 0.0359. The number of rotatable bonds is 5. The maximum atomic E-state index is 12.3. The molecule has 0 bridgehead atoms. The number of fused-ring (bicyclic) bond motifs is 1. The van der Waals surface area contributed by atoms with Crippen LogP contribution in [-0.2, 0) is 26.6 Å². The lowest BCUT2D eigenvalue weighted by Gasteiger charge is -2.29. The Balaban J connectivity index is 1.43. The van der Waals surface area contributed by atoms with E-state index in [1.807, 2.05) is 42.3 Å². The van der Waals surface area contributed by atoms with E-state index in [-0.39, 0.29) is 5.91 Å². The topological polar surface area (TPSA) is 50.2 Å². The lowest BCUT2D eigenvalue weighted by Crippen LogP contribution is -2.33. The number of nitrogens with one attached hydrogen (secondary N) is 1. The molecule has 1 fully saturated rings. The van der Waals surface area contributed by atoms with Crippen LogP contribution in [0.3, 0.4) is 0 Å². The van der Waals surface area contributed by atoms with E-state index in [2.05, 4.69) is 15.2 Å². The minimum atomic E-state index is -0.0359. The van der Waals surface area contributed by atoms with Crippen LogP contribution in [0.1, 0.15) is 40.0 Å². The predicted octanol–water partition coefficient (Wildman–Crippen LogP) is 2.12. The van der Waals surface area contributed by atoms with Gasteiger partial charge in [-0.05, 0) is 54.0 Å². The van der Waals surface area contributed by atoms with Crippen molar-refractivity contribution >= 4 is 5.91 Å². The Morgan fingerprint density at radius 2 is 2.25 bits per heavy atom. The molecule has 1 amide bonds. The molecule has 3 heterocycles. The first-order valence-corrected chi connectivity index (χ1v) is 8.77. The van der Waals surface area contributed by atoms with Crippen LogP contribution in [0.2, 0.25) is 0 Å². The van der Waals surface area contributed by atoms with Gasteiger partial charge in [0.1, 0.15) is 5.69 Å². The van der Waals surface area contributed by atoms with Gasteiger partial charge in [-0.1, -0.05) is 0 Å². The molecule has 0 spiro atoms. The standard InChI is InChI=1S/C19H24N4O/c1-22-7-2-3-18(22)19(24)21-11-15-9-20-10-16-13-23(8-6-17(15)16)12-14-4-5-14/h2-3,7,9-10,14H,4-6,8,11-13H2,1H3,(H,21,24). The van der Waals surface area contributed by atoms with Crippen LogP contribution in [0.15, 0.2) is 30.7 Å². The fraction of sp³-hybridized carbons (Fsp3) is 0.474. The summed E-state index contributed by atoms with van der Waals surface area (Å²) in [7, 11) is 1.88. The zero-order chi connectivity index (χ0) is 16.5. The average molecular weight is 324 g/mol. The molecule has 1 aliphatic heterocycles. The molecular formula is C19H24N4O. The zero-order valence-corrected chi connectivity index (χ0v) is 14.2. The smallest absolute Gasteiger partial charge is 0.268 e. The van der Waals surface area contributed by atoms with Gasteiger partial charge < -0.3 is 9.88 Å². The molecule has 1 saturated carbocycles. The summed E-state index contributed by atoms with van der Waals surface area (Å²) in [5.41, 5.74) is 4.54. The number of nitrogens with zero attached hydrogens (tertiary/aromatic N) is 3. The van der Waals surface area contributed by atoms with Crippen molar-refractivity contribution in [2.75, 3.05) is 13.1 Å². The second-order valence-corrected chi connectivity index (χ2v) is 7.05. The molecule has 5 nitrogen and oxygen atoms in total. The molecule has 0 aromatic carbocycles. The molecular weight excluding hydrogens is 300 g/mol. The lowest BCUT2D eigenvalue weighted by molar-refractivity contribution is 0.0942. The Morgan fingerprint density at radius 3 is 3.00 bits per heavy atom. The van der Waals surface area contributed by atoms with Crippen LogP contribution in [0.25, 0.3) is 0 Å². The molecule has 0 saturated heterocycles. The quantitative estimate of drug-likeness (QED) is 0.916. The van der Waals surface area contributed by atoms with E-state index >= 15 is 0 Å². The monoisotopic (exact) mass is 324 g/mol. The summed E-state index contributed by atoms with van der Waals surface area (Å²) in [6, 6.07) is 3.72. The van der Waals surface area contributed by atoms with Gasteiger partial charge >= 0.3 is 0 Å². The number of amides is 1. The predicted molar refractivity (Wildman–Crippen MR) is 92.5 cm³/mol. The summed E-state index contributed by atoms with van der Waals surface area (Å²) in [6.07, 6.45) is 9.63. The first-order valence-electron chi connectivity index (χ1n) is 8.77. The Morgan fingerprint density at radius 1 is 1.38 bits per heavy atom. The second-order valence-electron chi connectivity index (χ2n) is 7.05. The van der Waals surface area contributed by atoms with Gasteiger partial charge in [-0.3, -0.25) is 14.7 Å². The van der Waals surface area contributed by atoms with E-state index in [0.717, 1.165) is 31.0 Å². The fourth-order valence-corrected chi connectivity index (χ4v) is 3.56. The SMILES string of the molecule is Cn1cccc1C(=O)NCc1cncc2c1CCN(CC1CC1)C2. The highest BCUT2D eigenvalue weighted by Crippen LogP contribution is 2.31. The van der Waals surface area contributed by atoms with Gasteiger partial charge in [0.2, 0.25) is 0 Å². The summed E-state index contributed by atoms with van der Waals surface area (Å²) in [4.78, 5) is 19.2. The van der Waals surface area contributed by atoms with Crippen LogP contribution in [0.5, 0.6) is 0 Å². The number of carbonyl (C=O) groups excluding carboxylic acids is 1. The molecule has 2 aromatic heterocycles. The van der Waals surface area contributed by atoms with E-state index in [1.165, 1.54) is 30.5 Å². The zero-order valence-electron chi connectivity index (χ0n) is 14.2. The highest BCUT2D eigenvalue weighted by Gasteiger charge is 2.27. The van der Waals surface area contributed by atoms with Gasteiger partial charge in [0.15, 0.2) is 0 Å². The van der Waals surface area contributed by atoms with Crippen LogP contribution < -0.4 is 5.32 Å². The molecule has 0 radical (unpaired) electrons. The third-order valence-corrected chi connectivity index (χ3v) is 5.14.